The first kappa shape index (κ1) is 14.3. The molecule has 1 radical (unpaired) electrons. The number of aromatic nitrogens is 2. The van der Waals surface area contributed by atoms with E-state index in [0.717, 1.165) is 46.6 Å². The Morgan fingerprint density at radius 3 is 2.82 bits per heavy atom. The summed E-state index contributed by atoms with van der Waals surface area (Å²) in [6.45, 7) is 2.33. The van der Waals surface area contributed by atoms with Gasteiger partial charge in [-0.05, 0) is 29.8 Å². The van der Waals surface area contributed by atoms with E-state index >= 15 is 0 Å². The Labute approximate surface area is 129 Å². The highest BCUT2D eigenvalue weighted by Crippen LogP contribution is 2.13. The molecule has 0 spiro atoms. The Hall–Kier alpha value is -2.66. The number of hydrogen-bond acceptors (Lipinski definition) is 4. The maximum absolute atomic E-state index is 10.9. The lowest BCUT2D eigenvalue weighted by Crippen LogP contribution is -2.25. The minimum atomic E-state index is 0.739. The van der Waals surface area contributed by atoms with Gasteiger partial charge in [0.15, 0.2) is 12.4 Å². The Kier molecular flexibility index (Phi) is 4.46. The molecule has 0 atom stereocenters. The molecular weight excluding hydrogens is 276 g/mol. The number of fused-ring (bicyclic) bond motifs is 1. The summed E-state index contributed by atoms with van der Waals surface area (Å²) in [6.07, 6.45) is 3.01. The number of nitrogens with zero attached hydrogens (tertiary/aromatic N) is 2. The number of nitrogens with one attached hydrogen (secondary N) is 2. The molecule has 3 aromatic rings. The van der Waals surface area contributed by atoms with Crippen LogP contribution in [0.2, 0.25) is 0 Å². The summed E-state index contributed by atoms with van der Waals surface area (Å²) in [5.41, 5.74) is 2.03. The van der Waals surface area contributed by atoms with Crippen molar-refractivity contribution in [2.75, 3.05) is 18.4 Å². The van der Waals surface area contributed by atoms with Crippen LogP contribution in [0.4, 0.5) is 5.82 Å². The second-order valence-corrected chi connectivity index (χ2v) is 4.97. The first-order chi connectivity index (χ1) is 10.8. The van der Waals surface area contributed by atoms with Crippen molar-refractivity contribution in [1.82, 2.24) is 10.3 Å². The minimum absolute atomic E-state index is 0.739. The molecule has 2 heterocycles. The Morgan fingerprint density at radius 1 is 1.09 bits per heavy atom. The highest BCUT2D eigenvalue weighted by molar-refractivity contribution is 5.79. The molecule has 0 saturated carbocycles. The summed E-state index contributed by atoms with van der Waals surface area (Å²) in [5.74, 6) is 0.862. The van der Waals surface area contributed by atoms with Crippen molar-refractivity contribution in [1.29, 1.82) is 0 Å². The van der Waals surface area contributed by atoms with Crippen LogP contribution in [0, 0.1) is 11.3 Å². The number of benzene rings is 1. The standard InChI is InChI=1S/C17H17N4O/c22-21-11-7-14(8-12-21)13-18-9-10-19-17-6-5-15-3-1-2-4-16(15)20-17/h1-2,4-8,11-12,18H,9-10,13H2,(H,19,20). The fraction of sp³-hybridized carbons (Fsp3) is 0.176. The number of anilines is 1. The zero-order valence-corrected chi connectivity index (χ0v) is 12.1. The lowest BCUT2D eigenvalue weighted by molar-refractivity contribution is -0.605. The van der Waals surface area contributed by atoms with E-state index in [-0.39, 0.29) is 0 Å². The van der Waals surface area contributed by atoms with Crippen molar-refractivity contribution in [3.05, 3.63) is 71.7 Å². The van der Waals surface area contributed by atoms with E-state index in [1.54, 1.807) is 0 Å². The lowest BCUT2D eigenvalue weighted by atomic mass is 10.2. The van der Waals surface area contributed by atoms with E-state index < -0.39 is 0 Å². The smallest absolute Gasteiger partial charge is 0.180 e. The van der Waals surface area contributed by atoms with Gasteiger partial charge in [0.1, 0.15) is 5.82 Å². The molecule has 0 unspecified atom stereocenters. The fourth-order valence-electron chi connectivity index (χ4n) is 2.17. The zero-order valence-electron chi connectivity index (χ0n) is 12.1. The van der Waals surface area contributed by atoms with Gasteiger partial charge in [0.05, 0.1) is 5.52 Å². The van der Waals surface area contributed by atoms with Crippen LogP contribution in [-0.4, -0.2) is 18.1 Å². The molecule has 0 aliphatic carbocycles. The van der Waals surface area contributed by atoms with E-state index in [9.17, 15) is 5.21 Å². The van der Waals surface area contributed by atoms with Crippen molar-refractivity contribution >= 4 is 16.7 Å². The van der Waals surface area contributed by atoms with E-state index in [0.29, 0.717) is 0 Å². The van der Waals surface area contributed by atoms with Crippen LogP contribution in [-0.2, 0) is 6.54 Å². The van der Waals surface area contributed by atoms with E-state index in [1.165, 1.54) is 12.4 Å². The Morgan fingerprint density at radius 2 is 1.95 bits per heavy atom. The first-order valence-electron chi connectivity index (χ1n) is 7.21. The average molecular weight is 293 g/mol. The van der Waals surface area contributed by atoms with Crippen LogP contribution in [0.15, 0.2) is 54.9 Å². The van der Waals surface area contributed by atoms with Crippen molar-refractivity contribution in [3.63, 3.8) is 0 Å². The molecule has 111 valence electrons. The Bertz CT molecular complexity index is 743. The second-order valence-electron chi connectivity index (χ2n) is 4.97. The Balaban J connectivity index is 1.45. The summed E-state index contributed by atoms with van der Waals surface area (Å²) >= 11 is 0. The SMILES string of the molecule is [O-][n+]1ccc(CNCCNc2ccc3[c]cccc3n2)cc1. The summed E-state index contributed by atoms with van der Waals surface area (Å²) < 4.78 is 0.786. The van der Waals surface area contributed by atoms with Gasteiger partial charge in [0, 0.05) is 37.2 Å². The third kappa shape index (κ3) is 3.71. The zero-order chi connectivity index (χ0) is 15.2. The molecule has 5 nitrogen and oxygen atoms in total. The minimum Gasteiger partial charge on any atom is -0.619 e. The van der Waals surface area contributed by atoms with E-state index in [4.69, 9.17) is 0 Å². The highest BCUT2D eigenvalue weighted by atomic mass is 16.5. The van der Waals surface area contributed by atoms with Crippen molar-refractivity contribution in [3.8, 4) is 0 Å². The number of hydrogen-bond donors (Lipinski definition) is 2. The monoisotopic (exact) mass is 293 g/mol. The van der Waals surface area contributed by atoms with Gasteiger partial charge in [-0.3, -0.25) is 0 Å². The van der Waals surface area contributed by atoms with Crippen molar-refractivity contribution < 1.29 is 4.73 Å². The molecule has 0 aliphatic heterocycles. The summed E-state index contributed by atoms with van der Waals surface area (Å²) in [4.78, 5) is 4.53. The molecule has 22 heavy (non-hydrogen) atoms. The quantitative estimate of drug-likeness (QED) is 0.414. The van der Waals surface area contributed by atoms with Gasteiger partial charge in [-0.15, -0.1) is 0 Å². The lowest BCUT2D eigenvalue weighted by Gasteiger charge is -2.08. The maximum atomic E-state index is 10.9. The molecule has 3 rings (SSSR count). The molecule has 0 amide bonds. The summed E-state index contributed by atoms with van der Waals surface area (Å²) in [7, 11) is 0. The third-order valence-electron chi connectivity index (χ3n) is 3.32. The third-order valence-corrected chi connectivity index (χ3v) is 3.32. The first-order valence-corrected chi connectivity index (χ1v) is 7.21. The molecule has 0 fully saturated rings. The topological polar surface area (TPSA) is 63.9 Å². The van der Waals surface area contributed by atoms with E-state index in [2.05, 4.69) is 21.7 Å². The molecule has 0 saturated heterocycles. The van der Waals surface area contributed by atoms with Gasteiger partial charge >= 0.3 is 0 Å². The van der Waals surface area contributed by atoms with Crippen LogP contribution in [0.3, 0.4) is 0 Å². The number of rotatable bonds is 6. The van der Waals surface area contributed by atoms with Crippen LogP contribution in [0.25, 0.3) is 10.9 Å². The van der Waals surface area contributed by atoms with Gasteiger partial charge in [0.25, 0.3) is 0 Å². The molecule has 0 aliphatic rings. The predicted molar refractivity (Wildman–Crippen MR) is 86.2 cm³/mol. The molecule has 2 N–H and O–H groups in total. The van der Waals surface area contributed by atoms with Gasteiger partial charge in [-0.2, -0.15) is 4.73 Å². The van der Waals surface area contributed by atoms with Crippen LogP contribution in [0.5, 0.6) is 0 Å². The molecule has 2 aromatic heterocycles. The normalized spacial score (nSPS) is 10.7. The molecule has 5 heteroatoms. The van der Waals surface area contributed by atoms with E-state index in [1.807, 2.05) is 42.5 Å². The molecular formula is C17H17N4O. The fourth-order valence-corrected chi connectivity index (χ4v) is 2.17. The van der Waals surface area contributed by atoms with Gasteiger partial charge in [-0.25, -0.2) is 4.98 Å². The predicted octanol–water partition coefficient (Wildman–Crippen LogP) is 1.87. The largest absolute Gasteiger partial charge is 0.619 e. The molecule has 0 bridgehead atoms. The van der Waals surface area contributed by atoms with Crippen LogP contribution in [0.1, 0.15) is 5.56 Å². The van der Waals surface area contributed by atoms with Crippen LogP contribution >= 0.6 is 0 Å². The summed E-state index contributed by atoms with van der Waals surface area (Å²) in [5, 5.41) is 18.6. The summed E-state index contributed by atoms with van der Waals surface area (Å²) in [6, 6.07) is 16.6. The average Bonchev–Trinajstić information content (AvgIpc) is 2.56. The van der Waals surface area contributed by atoms with Gasteiger partial charge in [0.2, 0.25) is 0 Å². The number of pyridine rings is 2. The second kappa shape index (κ2) is 6.87. The molecule has 1 aromatic carbocycles. The van der Waals surface area contributed by atoms with Crippen LogP contribution < -0.4 is 15.4 Å². The van der Waals surface area contributed by atoms with Crippen molar-refractivity contribution in [2.24, 2.45) is 0 Å². The highest BCUT2D eigenvalue weighted by Gasteiger charge is 1.98. The van der Waals surface area contributed by atoms with Crippen molar-refractivity contribution in [2.45, 2.75) is 6.54 Å². The van der Waals surface area contributed by atoms with Gasteiger partial charge in [-0.1, -0.05) is 12.1 Å². The van der Waals surface area contributed by atoms with Gasteiger partial charge < -0.3 is 15.8 Å². The maximum Gasteiger partial charge on any atom is 0.180 e.